The minimum atomic E-state index is -0.460. The van der Waals surface area contributed by atoms with Crippen molar-refractivity contribution in [2.75, 3.05) is 11.4 Å². The van der Waals surface area contributed by atoms with Crippen LogP contribution in [0.2, 0.25) is 0 Å². The Bertz CT molecular complexity index is 821. The number of oxime groups is 1. The Morgan fingerprint density at radius 1 is 1.24 bits per heavy atom. The van der Waals surface area contributed by atoms with Crippen molar-refractivity contribution >= 4 is 23.3 Å². The van der Waals surface area contributed by atoms with Crippen LogP contribution in [-0.2, 0) is 21.0 Å². The predicted molar refractivity (Wildman–Crippen MR) is 95.4 cm³/mol. The number of carbonyl (C=O) groups excluding carboxylic acids is 2. The number of aromatic nitrogens is 1. The second kappa shape index (κ2) is 6.93. The molecule has 130 valence electrons. The van der Waals surface area contributed by atoms with Crippen LogP contribution in [0.3, 0.4) is 0 Å². The summed E-state index contributed by atoms with van der Waals surface area (Å²) in [5.74, 6) is -0.536. The molecule has 1 atom stereocenters. The van der Waals surface area contributed by atoms with Gasteiger partial charge in [-0.3, -0.25) is 4.79 Å². The third-order valence-electron chi connectivity index (χ3n) is 4.30. The zero-order valence-corrected chi connectivity index (χ0v) is 14.6. The molecule has 2 aromatic rings. The van der Waals surface area contributed by atoms with Gasteiger partial charge in [0.25, 0.3) is 0 Å². The lowest BCUT2D eigenvalue weighted by Gasteiger charge is -2.24. The Labute approximate surface area is 146 Å². The minimum Gasteiger partial charge on any atom is -0.346 e. The number of aryl methyl sites for hydroxylation is 1. The normalized spacial score (nSPS) is 17.4. The molecule has 1 aromatic heterocycles. The number of nitrogens with zero attached hydrogens (tertiary/aromatic N) is 3. The van der Waals surface area contributed by atoms with Crippen molar-refractivity contribution < 1.29 is 14.4 Å². The highest BCUT2D eigenvalue weighted by molar-refractivity contribution is 6.04. The van der Waals surface area contributed by atoms with Gasteiger partial charge < -0.3 is 14.3 Å². The molecule has 0 unspecified atom stereocenters. The van der Waals surface area contributed by atoms with Gasteiger partial charge in [-0.25, -0.2) is 4.79 Å². The second-order valence-electron chi connectivity index (χ2n) is 6.27. The van der Waals surface area contributed by atoms with Gasteiger partial charge in [0, 0.05) is 44.7 Å². The van der Waals surface area contributed by atoms with Gasteiger partial charge in [0.05, 0.1) is 5.69 Å². The van der Waals surface area contributed by atoms with Gasteiger partial charge in [-0.05, 0) is 31.2 Å². The number of rotatable bonds is 4. The van der Waals surface area contributed by atoms with Gasteiger partial charge in [-0.15, -0.1) is 0 Å². The number of anilines is 1. The molecule has 0 saturated carbocycles. The van der Waals surface area contributed by atoms with Crippen LogP contribution in [0.25, 0.3) is 0 Å². The SMILES string of the molecule is CC(=O)O/N=C1/c2cccn2C[C@@H]1CN(C(C)=O)c1ccc(C)cc1. The van der Waals surface area contributed by atoms with E-state index in [1.54, 1.807) is 11.8 Å². The van der Waals surface area contributed by atoms with Crippen LogP contribution in [0, 0.1) is 12.8 Å². The van der Waals surface area contributed by atoms with E-state index in [0.29, 0.717) is 18.8 Å². The molecule has 25 heavy (non-hydrogen) atoms. The molecular formula is C19H21N3O3. The summed E-state index contributed by atoms with van der Waals surface area (Å²) in [6.07, 6.45) is 1.96. The standard InChI is InChI=1S/C19H21N3O3/c1-13-6-8-17(9-7-13)22(14(2)23)12-16-11-21-10-4-5-18(21)19(16)20-25-15(3)24/h4-10,16H,11-12H2,1-3H3/b20-19+/t16-/m1/s1. The van der Waals surface area contributed by atoms with E-state index in [4.69, 9.17) is 4.84 Å². The number of hydrogen-bond donors (Lipinski definition) is 0. The number of hydrogen-bond acceptors (Lipinski definition) is 4. The molecule has 0 fully saturated rings. The highest BCUT2D eigenvalue weighted by Crippen LogP contribution is 2.26. The molecule has 6 nitrogen and oxygen atoms in total. The van der Waals surface area contributed by atoms with E-state index < -0.39 is 5.97 Å². The fourth-order valence-corrected chi connectivity index (χ4v) is 3.08. The van der Waals surface area contributed by atoms with E-state index in [-0.39, 0.29) is 11.8 Å². The maximum Gasteiger partial charge on any atom is 0.331 e. The van der Waals surface area contributed by atoms with Crippen molar-refractivity contribution in [3.05, 3.63) is 53.9 Å². The molecule has 6 heteroatoms. The lowest BCUT2D eigenvalue weighted by molar-refractivity contribution is -0.141. The van der Waals surface area contributed by atoms with Crippen molar-refractivity contribution in [2.45, 2.75) is 27.3 Å². The Morgan fingerprint density at radius 2 is 1.96 bits per heavy atom. The predicted octanol–water partition coefficient (Wildman–Crippen LogP) is 2.75. The summed E-state index contributed by atoms with van der Waals surface area (Å²) >= 11 is 0. The molecule has 1 aromatic carbocycles. The molecule has 0 N–H and O–H groups in total. The molecule has 0 radical (unpaired) electrons. The summed E-state index contributed by atoms with van der Waals surface area (Å²) in [6, 6.07) is 11.7. The summed E-state index contributed by atoms with van der Waals surface area (Å²) in [7, 11) is 0. The quantitative estimate of drug-likeness (QED) is 0.635. The molecule has 1 amide bonds. The van der Waals surface area contributed by atoms with E-state index in [1.807, 2.05) is 49.5 Å². The Hall–Kier alpha value is -2.89. The maximum atomic E-state index is 12.2. The first-order valence-electron chi connectivity index (χ1n) is 8.21. The molecule has 0 bridgehead atoms. The number of carbonyl (C=O) groups is 2. The summed E-state index contributed by atoms with van der Waals surface area (Å²) in [6.45, 7) is 6.05. The van der Waals surface area contributed by atoms with Crippen LogP contribution in [0.15, 0.2) is 47.8 Å². The van der Waals surface area contributed by atoms with E-state index in [9.17, 15) is 9.59 Å². The molecule has 3 rings (SSSR count). The van der Waals surface area contributed by atoms with Gasteiger partial charge in [0.2, 0.25) is 5.91 Å². The topological polar surface area (TPSA) is 63.9 Å². The Kier molecular flexibility index (Phi) is 4.70. The highest BCUT2D eigenvalue weighted by atomic mass is 16.7. The summed E-state index contributed by atoms with van der Waals surface area (Å²) in [5.41, 5.74) is 3.60. The van der Waals surface area contributed by atoms with Crippen molar-refractivity contribution in [1.29, 1.82) is 0 Å². The molecule has 1 aliphatic rings. The largest absolute Gasteiger partial charge is 0.346 e. The van der Waals surface area contributed by atoms with Crippen molar-refractivity contribution in [3.63, 3.8) is 0 Å². The fourth-order valence-electron chi connectivity index (χ4n) is 3.08. The number of fused-ring (bicyclic) bond motifs is 1. The van der Waals surface area contributed by atoms with E-state index >= 15 is 0 Å². The molecule has 2 heterocycles. The van der Waals surface area contributed by atoms with Crippen molar-refractivity contribution in [2.24, 2.45) is 11.1 Å². The fraction of sp³-hybridized carbons (Fsp3) is 0.316. The van der Waals surface area contributed by atoms with Crippen molar-refractivity contribution in [1.82, 2.24) is 4.57 Å². The van der Waals surface area contributed by atoms with E-state index in [2.05, 4.69) is 9.72 Å². The van der Waals surface area contributed by atoms with E-state index in [1.165, 1.54) is 6.92 Å². The second-order valence-corrected chi connectivity index (χ2v) is 6.27. The van der Waals surface area contributed by atoms with Gasteiger partial charge in [-0.2, -0.15) is 0 Å². The van der Waals surface area contributed by atoms with Crippen molar-refractivity contribution in [3.8, 4) is 0 Å². The van der Waals surface area contributed by atoms with Crippen LogP contribution in [0.4, 0.5) is 5.69 Å². The third-order valence-corrected chi connectivity index (χ3v) is 4.30. The van der Waals surface area contributed by atoms with Crippen LogP contribution >= 0.6 is 0 Å². The zero-order chi connectivity index (χ0) is 18.0. The number of benzene rings is 1. The van der Waals surface area contributed by atoms with Crippen LogP contribution in [0.1, 0.15) is 25.1 Å². The van der Waals surface area contributed by atoms with Gasteiger partial charge in [0.1, 0.15) is 5.71 Å². The Balaban J connectivity index is 1.87. The average molecular weight is 339 g/mol. The minimum absolute atomic E-state index is 0.0349. The molecule has 0 saturated heterocycles. The first-order valence-corrected chi connectivity index (χ1v) is 8.21. The zero-order valence-electron chi connectivity index (χ0n) is 14.6. The van der Waals surface area contributed by atoms with E-state index in [0.717, 1.165) is 16.9 Å². The Morgan fingerprint density at radius 3 is 2.60 bits per heavy atom. The van der Waals surface area contributed by atoms with Crippen LogP contribution in [-0.4, -0.2) is 28.7 Å². The summed E-state index contributed by atoms with van der Waals surface area (Å²) < 4.78 is 2.06. The first-order chi connectivity index (χ1) is 12.0. The molecule has 0 spiro atoms. The lowest BCUT2D eigenvalue weighted by Crippen LogP contribution is -2.36. The van der Waals surface area contributed by atoms with Gasteiger partial charge >= 0.3 is 5.97 Å². The average Bonchev–Trinajstić information content (AvgIpc) is 3.12. The summed E-state index contributed by atoms with van der Waals surface area (Å²) in [4.78, 5) is 29.9. The lowest BCUT2D eigenvalue weighted by atomic mass is 10.0. The van der Waals surface area contributed by atoms with Gasteiger partial charge in [0.15, 0.2) is 0 Å². The monoisotopic (exact) mass is 339 g/mol. The van der Waals surface area contributed by atoms with Crippen LogP contribution < -0.4 is 4.90 Å². The number of amides is 1. The first kappa shape index (κ1) is 17.0. The smallest absolute Gasteiger partial charge is 0.331 e. The molecule has 1 aliphatic heterocycles. The van der Waals surface area contributed by atoms with Gasteiger partial charge in [-0.1, -0.05) is 22.9 Å². The molecule has 0 aliphatic carbocycles. The van der Waals surface area contributed by atoms with Crippen LogP contribution in [0.5, 0.6) is 0 Å². The highest BCUT2D eigenvalue weighted by Gasteiger charge is 2.32. The summed E-state index contributed by atoms with van der Waals surface area (Å²) in [5, 5.41) is 4.05. The maximum absolute atomic E-state index is 12.2. The molecular weight excluding hydrogens is 318 g/mol. The third kappa shape index (κ3) is 3.63.